The standard InChI is InChI=1S/C15H23ClN4/c1-4-19(5-2)11-12(3)20-14(8-9-16)18-13-7-6-10-17-15(13)20/h6-7,10,12H,4-5,8-9,11H2,1-3H3. The molecule has 0 spiro atoms. The van der Waals surface area contributed by atoms with E-state index in [2.05, 4.69) is 40.2 Å². The Hall–Kier alpha value is -1.13. The summed E-state index contributed by atoms with van der Waals surface area (Å²) in [6.07, 6.45) is 2.61. The van der Waals surface area contributed by atoms with Crippen molar-refractivity contribution in [1.29, 1.82) is 0 Å². The average Bonchev–Trinajstić information content (AvgIpc) is 2.83. The molecule has 5 heteroatoms. The molecule has 4 nitrogen and oxygen atoms in total. The van der Waals surface area contributed by atoms with E-state index in [1.807, 2.05) is 18.3 Å². The van der Waals surface area contributed by atoms with Crippen molar-refractivity contribution in [2.24, 2.45) is 0 Å². The summed E-state index contributed by atoms with van der Waals surface area (Å²) >= 11 is 5.92. The minimum absolute atomic E-state index is 0.341. The third kappa shape index (κ3) is 3.13. The number of hydrogen-bond donors (Lipinski definition) is 0. The van der Waals surface area contributed by atoms with E-state index in [9.17, 15) is 0 Å². The SMILES string of the molecule is CCN(CC)CC(C)n1c(CCCl)nc2cccnc21. The highest BCUT2D eigenvalue weighted by atomic mass is 35.5. The Morgan fingerprint density at radius 1 is 1.35 bits per heavy atom. The Bertz CT molecular complexity index is 548. The lowest BCUT2D eigenvalue weighted by Crippen LogP contribution is -2.30. The van der Waals surface area contributed by atoms with Gasteiger partial charge < -0.3 is 9.47 Å². The van der Waals surface area contributed by atoms with Gasteiger partial charge in [0.25, 0.3) is 0 Å². The fourth-order valence-electron chi connectivity index (χ4n) is 2.64. The van der Waals surface area contributed by atoms with Gasteiger partial charge in [0.1, 0.15) is 11.3 Å². The van der Waals surface area contributed by atoms with Gasteiger partial charge in [-0.25, -0.2) is 9.97 Å². The third-order valence-electron chi connectivity index (χ3n) is 3.70. The summed E-state index contributed by atoms with van der Waals surface area (Å²) in [5.74, 6) is 1.62. The first-order valence-electron chi connectivity index (χ1n) is 7.31. The minimum atomic E-state index is 0.341. The second-order valence-electron chi connectivity index (χ2n) is 5.02. The molecule has 20 heavy (non-hydrogen) atoms. The van der Waals surface area contributed by atoms with Gasteiger partial charge in [0.15, 0.2) is 5.65 Å². The van der Waals surface area contributed by atoms with E-state index < -0.39 is 0 Å². The van der Waals surface area contributed by atoms with Crippen molar-refractivity contribution in [1.82, 2.24) is 19.4 Å². The molecule has 0 aromatic carbocycles. The first kappa shape index (κ1) is 15.3. The molecule has 0 aliphatic heterocycles. The average molecular weight is 295 g/mol. The maximum absolute atomic E-state index is 5.92. The van der Waals surface area contributed by atoms with Crippen molar-refractivity contribution in [3.63, 3.8) is 0 Å². The van der Waals surface area contributed by atoms with Crippen LogP contribution in [0.25, 0.3) is 11.2 Å². The predicted octanol–water partition coefficient (Wildman–Crippen LogP) is 3.12. The fraction of sp³-hybridized carbons (Fsp3) is 0.600. The quantitative estimate of drug-likeness (QED) is 0.736. The second-order valence-corrected chi connectivity index (χ2v) is 5.40. The number of imidazole rings is 1. The van der Waals surface area contributed by atoms with Gasteiger partial charge in [-0.3, -0.25) is 0 Å². The van der Waals surface area contributed by atoms with Gasteiger partial charge in [-0.15, -0.1) is 11.6 Å². The molecule has 110 valence electrons. The third-order valence-corrected chi connectivity index (χ3v) is 3.89. The van der Waals surface area contributed by atoms with Crippen LogP contribution in [0.15, 0.2) is 18.3 Å². The summed E-state index contributed by atoms with van der Waals surface area (Å²) in [6, 6.07) is 4.29. The van der Waals surface area contributed by atoms with Crippen LogP contribution in [0.5, 0.6) is 0 Å². The number of hydrogen-bond acceptors (Lipinski definition) is 3. The highest BCUT2D eigenvalue weighted by molar-refractivity contribution is 6.17. The van der Waals surface area contributed by atoms with Gasteiger partial charge in [-0.2, -0.15) is 0 Å². The number of aryl methyl sites for hydroxylation is 1. The van der Waals surface area contributed by atoms with E-state index >= 15 is 0 Å². The van der Waals surface area contributed by atoms with E-state index in [0.717, 1.165) is 43.0 Å². The molecule has 0 aliphatic carbocycles. The van der Waals surface area contributed by atoms with Gasteiger partial charge in [-0.1, -0.05) is 13.8 Å². The molecular weight excluding hydrogens is 272 g/mol. The highest BCUT2D eigenvalue weighted by Crippen LogP contribution is 2.20. The molecule has 1 atom stereocenters. The van der Waals surface area contributed by atoms with E-state index in [0.29, 0.717) is 11.9 Å². The molecule has 0 saturated carbocycles. The van der Waals surface area contributed by atoms with Crippen LogP contribution in [0.1, 0.15) is 32.6 Å². The molecule has 2 heterocycles. The molecule has 0 bridgehead atoms. The molecule has 1 unspecified atom stereocenters. The van der Waals surface area contributed by atoms with E-state index in [-0.39, 0.29) is 0 Å². The summed E-state index contributed by atoms with van der Waals surface area (Å²) in [7, 11) is 0. The van der Waals surface area contributed by atoms with Crippen LogP contribution in [0.2, 0.25) is 0 Å². The summed E-state index contributed by atoms with van der Waals surface area (Å²) in [5.41, 5.74) is 1.92. The van der Waals surface area contributed by atoms with Gasteiger partial charge in [0.2, 0.25) is 0 Å². The van der Waals surface area contributed by atoms with Crippen LogP contribution < -0.4 is 0 Å². The number of aromatic nitrogens is 3. The van der Waals surface area contributed by atoms with Crippen LogP contribution >= 0.6 is 11.6 Å². The van der Waals surface area contributed by atoms with Crippen molar-refractivity contribution < 1.29 is 0 Å². The Labute approximate surface area is 125 Å². The predicted molar refractivity (Wildman–Crippen MR) is 84.5 cm³/mol. The number of fused-ring (bicyclic) bond motifs is 1. The molecule has 2 rings (SSSR count). The Balaban J connectivity index is 2.37. The second kappa shape index (κ2) is 7.04. The number of alkyl halides is 1. The summed E-state index contributed by atoms with van der Waals surface area (Å²) in [4.78, 5) is 11.6. The van der Waals surface area contributed by atoms with Gasteiger partial charge >= 0.3 is 0 Å². The summed E-state index contributed by atoms with van der Waals surface area (Å²) < 4.78 is 2.25. The Morgan fingerprint density at radius 2 is 2.10 bits per heavy atom. The smallest absolute Gasteiger partial charge is 0.160 e. The van der Waals surface area contributed by atoms with Gasteiger partial charge in [-0.05, 0) is 32.1 Å². The van der Waals surface area contributed by atoms with Gasteiger partial charge in [0, 0.05) is 31.1 Å². The lowest BCUT2D eigenvalue weighted by atomic mass is 10.2. The number of pyridine rings is 1. The van der Waals surface area contributed by atoms with Crippen molar-refractivity contribution in [2.75, 3.05) is 25.5 Å². The maximum Gasteiger partial charge on any atom is 0.160 e. The van der Waals surface area contributed by atoms with E-state index in [4.69, 9.17) is 11.6 Å². The maximum atomic E-state index is 5.92. The fourth-order valence-corrected chi connectivity index (χ4v) is 2.81. The molecule has 0 fully saturated rings. The number of nitrogens with zero attached hydrogens (tertiary/aromatic N) is 4. The van der Waals surface area contributed by atoms with Gasteiger partial charge in [0.05, 0.1) is 0 Å². The molecule has 0 N–H and O–H groups in total. The first-order chi connectivity index (χ1) is 9.71. The highest BCUT2D eigenvalue weighted by Gasteiger charge is 2.17. The van der Waals surface area contributed by atoms with Crippen molar-refractivity contribution in [3.8, 4) is 0 Å². The molecule has 0 aliphatic rings. The zero-order valence-electron chi connectivity index (χ0n) is 12.5. The number of rotatable bonds is 7. The van der Waals surface area contributed by atoms with Crippen LogP contribution in [0, 0.1) is 0 Å². The molecule has 2 aromatic heterocycles. The van der Waals surface area contributed by atoms with E-state index in [1.54, 1.807) is 0 Å². The molecule has 0 saturated heterocycles. The zero-order chi connectivity index (χ0) is 14.5. The van der Waals surface area contributed by atoms with Crippen LogP contribution in [0.4, 0.5) is 0 Å². The van der Waals surface area contributed by atoms with E-state index in [1.165, 1.54) is 0 Å². The molecule has 0 amide bonds. The summed E-state index contributed by atoms with van der Waals surface area (Å²) in [5, 5.41) is 0. The number of likely N-dealkylation sites (N-methyl/N-ethyl adjacent to an activating group) is 1. The van der Waals surface area contributed by atoms with Crippen molar-refractivity contribution >= 4 is 22.8 Å². The lowest BCUT2D eigenvalue weighted by Gasteiger charge is -2.25. The Morgan fingerprint density at radius 3 is 2.75 bits per heavy atom. The monoisotopic (exact) mass is 294 g/mol. The molecular formula is C15H23ClN4. The largest absolute Gasteiger partial charge is 0.309 e. The van der Waals surface area contributed by atoms with Crippen LogP contribution in [-0.2, 0) is 6.42 Å². The normalized spacial score (nSPS) is 13.2. The number of halogens is 1. The molecule has 0 radical (unpaired) electrons. The first-order valence-corrected chi connectivity index (χ1v) is 7.84. The topological polar surface area (TPSA) is 34.0 Å². The Kier molecular flexibility index (Phi) is 5.38. The minimum Gasteiger partial charge on any atom is -0.309 e. The van der Waals surface area contributed by atoms with Crippen molar-refractivity contribution in [3.05, 3.63) is 24.2 Å². The summed E-state index contributed by atoms with van der Waals surface area (Å²) in [6.45, 7) is 9.74. The van der Waals surface area contributed by atoms with Crippen LogP contribution in [0.3, 0.4) is 0 Å². The van der Waals surface area contributed by atoms with Crippen LogP contribution in [-0.4, -0.2) is 44.9 Å². The van der Waals surface area contributed by atoms with Crippen molar-refractivity contribution in [2.45, 2.75) is 33.2 Å². The lowest BCUT2D eigenvalue weighted by molar-refractivity contribution is 0.261. The molecule has 2 aromatic rings. The zero-order valence-corrected chi connectivity index (χ0v) is 13.3.